The molecule has 27 heavy (non-hydrogen) atoms. The topological polar surface area (TPSA) is 80.6 Å². The number of ether oxygens (including phenoxy) is 1. The van der Waals surface area contributed by atoms with Crippen LogP contribution in [0.25, 0.3) is 10.9 Å². The zero-order chi connectivity index (χ0) is 19.7. The molecule has 2 aromatic carbocycles. The standard InChI is InChI=1S/C20H19ClN2O4/c1-11(12-4-6-13(7-5-12)20(25)26)22-19(24)16-9-14-8-15(21)10-17(27-3)18(14)23(16)2/h4-11H,1-3H3,(H,22,24)(H,25,26)/t11-/m1/s1. The number of hydrogen-bond donors (Lipinski definition) is 2. The van der Waals surface area contributed by atoms with Crippen LogP contribution in [0.15, 0.2) is 42.5 Å². The number of nitrogens with one attached hydrogen (secondary N) is 1. The number of nitrogens with zero attached hydrogens (tertiary/aromatic N) is 1. The monoisotopic (exact) mass is 386 g/mol. The number of fused-ring (bicyclic) bond motifs is 1. The fourth-order valence-corrected chi connectivity index (χ4v) is 3.29. The number of amides is 1. The molecule has 1 heterocycles. The van der Waals surface area contributed by atoms with Gasteiger partial charge in [0.2, 0.25) is 0 Å². The zero-order valence-corrected chi connectivity index (χ0v) is 15.9. The minimum Gasteiger partial charge on any atom is -0.494 e. The highest BCUT2D eigenvalue weighted by Gasteiger charge is 2.19. The summed E-state index contributed by atoms with van der Waals surface area (Å²) < 4.78 is 7.14. The number of carboxylic acids is 1. The van der Waals surface area contributed by atoms with Crippen molar-refractivity contribution in [2.75, 3.05) is 7.11 Å². The summed E-state index contributed by atoms with van der Waals surface area (Å²) in [5.41, 5.74) is 2.27. The predicted molar refractivity (Wildman–Crippen MR) is 104 cm³/mol. The minimum absolute atomic E-state index is 0.204. The average molecular weight is 387 g/mol. The molecule has 0 aliphatic rings. The summed E-state index contributed by atoms with van der Waals surface area (Å²) in [6.45, 7) is 1.84. The van der Waals surface area contributed by atoms with Crippen molar-refractivity contribution in [2.45, 2.75) is 13.0 Å². The molecule has 0 saturated carbocycles. The fraction of sp³-hybridized carbons (Fsp3) is 0.200. The molecular weight excluding hydrogens is 368 g/mol. The molecule has 1 atom stereocenters. The van der Waals surface area contributed by atoms with E-state index in [0.717, 1.165) is 16.5 Å². The number of aromatic nitrogens is 1. The van der Waals surface area contributed by atoms with Crippen LogP contribution in [-0.4, -0.2) is 28.7 Å². The quantitative estimate of drug-likeness (QED) is 0.693. The van der Waals surface area contributed by atoms with Crippen molar-refractivity contribution in [3.63, 3.8) is 0 Å². The van der Waals surface area contributed by atoms with Crippen LogP contribution < -0.4 is 10.1 Å². The average Bonchev–Trinajstić information content (AvgIpc) is 2.97. The Morgan fingerprint density at radius 3 is 2.44 bits per heavy atom. The Bertz CT molecular complexity index is 1020. The second kappa shape index (κ2) is 7.32. The molecule has 0 aliphatic heterocycles. The third kappa shape index (κ3) is 3.61. The number of carbonyl (C=O) groups excluding carboxylic acids is 1. The van der Waals surface area contributed by atoms with E-state index in [0.29, 0.717) is 16.5 Å². The summed E-state index contributed by atoms with van der Waals surface area (Å²) in [7, 11) is 3.35. The molecule has 0 spiro atoms. The van der Waals surface area contributed by atoms with Gasteiger partial charge in [-0.05, 0) is 36.8 Å². The molecule has 2 N–H and O–H groups in total. The van der Waals surface area contributed by atoms with Crippen LogP contribution in [0.1, 0.15) is 39.4 Å². The summed E-state index contributed by atoms with van der Waals surface area (Å²) in [6.07, 6.45) is 0. The Morgan fingerprint density at radius 1 is 1.19 bits per heavy atom. The van der Waals surface area contributed by atoms with Gasteiger partial charge in [0.15, 0.2) is 0 Å². The van der Waals surface area contributed by atoms with E-state index in [-0.39, 0.29) is 17.5 Å². The molecule has 0 radical (unpaired) electrons. The second-order valence-electron chi connectivity index (χ2n) is 6.26. The van der Waals surface area contributed by atoms with E-state index >= 15 is 0 Å². The van der Waals surface area contributed by atoms with Gasteiger partial charge in [0, 0.05) is 23.5 Å². The van der Waals surface area contributed by atoms with Crippen molar-refractivity contribution < 1.29 is 19.4 Å². The van der Waals surface area contributed by atoms with Crippen molar-refractivity contribution in [2.24, 2.45) is 7.05 Å². The number of methoxy groups -OCH3 is 1. The number of halogens is 1. The highest BCUT2D eigenvalue weighted by Crippen LogP contribution is 2.32. The zero-order valence-electron chi connectivity index (χ0n) is 15.1. The minimum atomic E-state index is -0.985. The van der Waals surface area contributed by atoms with Crippen LogP contribution in [0.3, 0.4) is 0 Å². The van der Waals surface area contributed by atoms with Crippen LogP contribution in [0, 0.1) is 0 Å². The molecule has 140 valence electrons. The van der Waals surface area contributed by atoms with Gasteiger partial charge in [0.1, 0.15) is 11.4 Å². The normalized spacial score (nSPS) is 12.0. The largest absolute Gasteiger partial charge is 0.494 e. The maximum Gasteiger partial charge on any atom is 0.335 e. The Hall–Kier alpha value is -2.99. The summed E-state index contributed by atoms with van der Waals surface area (Å²) in [5, 5.41) is 13.3. The van der Waals surface area contributed by atoms with Crippen LogP contribution >= 0.6 is 11.6 Å². The molecule has 0 aliphatic carbocycles. The first-order valence-corrected chi connectivity index (χ1v) is 8.66. The fourth-order valence-electron chi connectivity index (χ4n) is 3.07. The van der Waals surface area contributed by atoms with Crippen LogP contribution in [0.4, 0.5) is 0 Å². The first kappa shape index (κ1) is 18.8. The van der Waals surface area contributed by atoms with Crippen LogP contribution in [0.5, 0.6) is 5.75 Å². The van der Waals surface area contributed by atoms with Gasteiger partial charge in [-0.3, -0.25) is 4.79 Å². The lowest BCUT2D eigenvalue weighted by Gasteiger charge is -2.15. The van der Waals surface area contributed by atoms with E-state index in [1.165, 1.54) is 12.1 Å². The Labute approximate surface area is 161 Å². The van der Waals surface area contributed by atoms with Gasteiger partial charge < -0.3 is 19.7 Å². The number of rotatable bonds is 5. The van der Waals surface area contributed by atoms with E-state index in [1.807, 2.05) is 6.92 Å². The van der Waals surface area contributed by atoms with E-state index in [1.54, 1.807) is 49.1 Å². The molecule has 0 fully saturated rings. The van der Waals surface area contributed by atoms with Gasteiger partial charge in [-0.15, -0.1) is 0 Å². The van der Waals surface area contributed by atoms with E-state index in [4.69, 9.17) is 21.4 Å². The molecule has 3 aromatic rings. The Morgan fingerprint density at radius 2 is 1.85 bits per heavy atom. The Balaban J connectivity index is 1.87. The van der Waals surface area contributed by atoms with Crippen molar-refractivity contribution in [3.05, 3.63) is 64.3 Å². The molecular formula is C20H19ClN2O4. The third-order valence-electron chi connectivity index (χ3n) is 4.52. The van der Waals surface area contributed by atoms with Gasteiger partial charge in [-0.2, -0.15) is 0 Å². The summed E-state index contributed by atoms with van der Waals surface area (Å²) >= 11 is 6.11. The maximum absolute atomic E-state index is 12.8. The lowest BCUT2D eigenvalue weighted by molar-refractivity contribution is 0.0696. The molecule has 1 aromatic heterocycles. The summed E-state index contributed by atoms with van der Waals surface area (Å²) in [4.78, 5) is 23.7. The molecule has 6 nitrogen and oxygen atoms in total. The second-order valence-corrected chi connectivity index (χ2v) is 6.69. The van der Waals surface area contributed by atoms with Gasteiger partial charge >= 0.3 is 5.97 Å². The number of benzene rings is 2. The van der Waals surface area contributed by atoms with E-state index < -0.39 is 5.97 Å². The molecule has 7 heteroatoms. The van der Waals surface area contributed by atoms with Crippen molar-refractivity contribution in [1.82, 2.24) is 9.88 Å². The number of carboxylic acid groups (broad SMARTS) is 1. The van der Waals surface area contributed by atoms with Crippen LogP contribution in [0.2, 0.25) is 5.02 Å². The van der Waals surface area contributed by atoms with Gasteiger partial charge in [-0.1, -0.05) is 23.7 Å². The molecule has 0 bridgehead atoms. The summed E-state index contributed by atoms with van der Waals surface area (Å²) in [6, 6.07) is 11.4. The molecule has 1 amide bonds. The molecule has 0 unspecified atom stereocenters. The van der Waals surface area contributed by atoms with Crippen LogP contribution in [-0.2, 0) is 7.05 Å². The molecule has 0 saturated heterocycles. The van der Waals surface area contributed by atoms with E-state index in [2.05, 4.69) is 5.32 Å². The third-order valence-corrected chi connectivity index (χ3v) is 4.73. The SMILES string of the molecule is COc1cc(Cl)cc2cc(C(=O)N[C@H](C)c3ccc(C(=O)O)cc3)n(C)c12. The van der Waals surface area contributed by atoms with Gasteiger partial charge in [0.05, 0.1) is 24.2 Å². The van der Waals surface area contributed by atoms with Crippen molar-refractivity contribution in [1.29, 1.82) is 0 Å². The van der Waals surface area contributed by atoms with Gasteiger partial charge in [0.25, 0.3) is 5.91 Å². The first-order chi connectivity index (χ1) is 12.8. The predicted octanol–water partition coefficient (Wildman–Crippen LogP) is 4.03. The van der Waals surface area contributed by atoms with Crippen molar-refractivity contribution >= 4 is 34.4 Å². The highest BCUT2D eigenvalue weighted by molar-refractivity contribution is 6.31. The lowest BCUT2D eigenvalue weighted by atomic mass is 10.1. The van der Waals surface area contributed by atoms with Gasteiger partial charge in [-0.25, -0.2) is 4.79 Å². The number of aryl methyl sites for hydroxylation is 1. The maximum atomic E-state index is 12.8. The Kier molecular flexibility index (Phi) is 5.10. The first-order valence-electron chi connectivity index (χ1n) is 8.29. The van der Waals surface area contributed by atoms with Crippen molar-refractivity contribution in [3.8, 4) is 5.75 Å². The smallest absolute Gasteiger partial charge is 0.335 e. The lowest BCUT2D eigenvalue weighted by Crippen LogP contribution is -2.28. The number of hydrogen-bond acceptors (Lipinski definition) is 3. The number of carbonyl (C=O) groups is 2. The molecule has 3 rings (SSSR count). The van der Waals surface area contributed by atoms with E-state index in [9.17, 15) is 9.59 Å². The summed E-state index contributed by atoms with van der Waals surface area (Å²) in [5.74, 6) is -0.639. The number of aromatic carboxylic acids is 1. The highest BCUT2D eigenvalue weighted by atomic mass is 35.5.